The first-order valence-electron chi connectivity index (χ1n) is 10.4. The minimum absolute atomic E-state index is 0.103. The molecular formula is C26H19ClFNO5S. The van der Waals surface area contributed by atoms with Crippen LogP contribution in [0.3, 0.4) is 0 Å². The number of amides is 2. The van der Waals surface area contributed by atoms with Gasteiger partial charge in [0.1, 0.15) is 5.82 Å². The van der Waals surface area contributed by atoms with Gasteiger partial charge in [0.25, 0.3) is 11.1 Å². The molecule has 0 spiro atoms. The molecule has 3 aromatic carbocycles. The zero-order valence-corrected chi connectivity index (χ0v) is 20.3. The molecule has 1 aliphatic heterocycles. The number of hydrogen-bond acceptors (Lipinski definition) is 6. The van der Waals surface area contributed by atoms with E-state index in [0.717, 1.165) is 28.3 Å². The van der Waals surface area contributed by atoms with E-state index in [0.29, 0.717) is 16.7 Å². The highest BCUT2D eigenvalue weighted by Crippen LogP contribution is 2.38. The van der Waals surface area contributed by atoms with E-state index in [9.17, 15) is 18.8 Å². The van der Waals surface area contributed by atoms with Crippen molar-refractivity contribution in [2.75, 3.05) is 7.11 Å². The summed E-state index contributed by atoms with van der Waals surface area (Å²) in [6, 6.07) is 15.6. The molecule has 0 saturated carbocycles. The SMILES string of the molecule is COc1cccc(/C=C2\SC(=O)N(Cc3ccc(F)cc3Cl)C2=O)c1OC(=O)c1ccc(C)cc1. The summed E-state index contributed by atoms with van der Waals surface area (Å²) in [7, 11) is 1.43. The summed E-state index contributed by atoms with van der Waals surface area (Å²) in [6.07, 6.45) is 1.47. The standard InChI is InChI=1S/C26H19ClFNO5S/c1-15-6-8-16(9-7-15)25(31)34-23-17(4-3-5-21(23)33-2)12-22-24(30)29(26(32)35-22)14-18-10-11-19(28)13-20(18)27/h3-13H,14H2,1-2H3/b22-12-. The number of hydrogen-bond donors (Lipinski definition) is 0. The predicted molar refractivity (Wildman–Crippen MR) is 132 cm³/mol. The van der Waals surface area contributed by atoms with Crippen LogP contribution in [0.15, 0.2) is 65.6 Å². The number of methoxy groups -OCH3 is 1. The third-order valence-electron chi connectivity index (χ3n) is 5.22. The van der Waals surface area contributed by atoms with Crippen molar-refractivity contribution in [2.24, 2.45) is 0 Å². The second-order valence-electron chi connectivity index (χ2n) is 7.64. The molecule has 0 atom stereocenters. The number of thioether (sulfide) groups is 1. The second kappa shape index (κ2) is 10.3. The highest BCUT2D eigenvalue weighted by Gasteiger charge is 2.35. The Balaban J connectivity index is 1.62. The van der Waals surface area contributed by atoms with Crippen LogP contribution in [0.5, 0.6) is 11.5 Å². The average Bonchev–Trinajstić information content (AvgIpc) is 3.09. The Kier molecular flexibility index (Phi) is 7.23. The molecule has 1 aliphatic rings. The molecule has 0 radical (unpaired) electrons. The molecule has 2 amide bonds. The van der Waals surface area contributed by atoms with E-state index in [1.165, 1.54) is 25.3 Å². The Morgan fingerprint density at radius 1 is 1.11 bits per heavy atom. The van der Waals surface area contributed by atoms with E-state index in [4.69, 9.17) is 21.1 Å². The van der Waals surface area contributed by atoms with E-state index in [1.807, 2.05) is 6.92 Å². The molecule has 9 heteroatoms. The number of benzene rings is 3. The van der Waals surface area contributed by atoms with Gasteiger partial charge in [0, 0.05) is 10.6 Å². The molecule has 6 nitrogen and oxygen atoms in total. The molecule has 0 unspecified atom stereocenters. The van der Waals surface area contributed by atoms with Crippen LogP contribution in [0.4, 0.5) is 9.18 Å². The smallest absolute Gasteiger partial charge is 0.343 e. The van der Waals surface area contributed by atoms with Crippen LogP contribution in [0.2, 0.25) is 5.02 Å². The number of ether oxygens (including phenoxy) is 2. The van der Waals surface area contributed by atoms with Crippen molar-refractivity contribution in [2.45, 2.75) is 13.5 Å². The van der Waals surface area contributed by atoms with Gasteiger partial charge >= 0.3 is 5.97 Å². The quantitative estimate of drug-likeness (QED) is 0.221. The summed E-state index contributed by atoms with van der Waals surface area (Å²) in [5, 5.41) is -0.381. The van der Waals surface area contributed by atoms with Gasteiger partial charge in [-0.15, -0.1) is 0 Å². The lowest BCUT2D eigenvalue weighted by Gasteiger charge is -2.14. The summed E-state index contributed by atoms with van der Waals surface area (Å²) in [4.78, 5) is 39.5. The highest BCUT2D eigenvalue weighted by atomic mass is 35.5. The average molecular weight is 512 g/mol. The Morgan fingerprint density at radius 2 is 1.86 bits per heavy atom. The first-order chi connectivity index (χ1) is 16.8. The van der Waals surface area contributed by atoms with Crippen molar-refractivity contribution in [3.63, 3.8) is 0 Å². The van der Waals surface area contributed by atoms with Gasteiger partial charge in [-0.1, -0.05) is 47.5 Å². The molecule has 1 fully saturated rings. The van der Waals surface area contributed by atoms with Gasteiger partial charge in [0.15, 0.2) is 11.5 Å². The summed E-state index contributed by atoms with van der Waals surface area (Å²) >= 11 is 6.80. The molecular weight excluding hydrogens is 493 g/mol. The lowest BCUT2D eigenvalue weighted by Crippen LogP contribution is -2.27. The van der Waals surface area contributed by atoms with Crippen LogP contribution < -0.4 is 9.47 Å². The summed E-state index contributed by atoms with van der Waals surface area (Å²) in [5.41, 5.74) is 2.17. The Labute approximate surface area is 210 Å². The number of rotatable bonds is 6. The van der Waals surface area contributed by atoms with Crippen LogP contribution in [-0.2, 0) is 11.3 Å². The van der Waals surface area contributed by atoms with Crippen LogP contribution in [-0.4, -0.2) is 29.1 Å². The van der Waals surface area contributed by atoms with Gasteiger partial charge in [-0.3, -0.25) is 14.5 Å². The maximum absolute atomic E-state index is 13.3. The van der Waals surface area contributed by atoms with Crippen LogP contribution >= 0.6 is 23.4 Å². The minimum Gasteiger partial charge on any atom is -0.493 e. The molecule has 3 aromatic rings. The van der Waals surface area contributed by atoms with Crippen LogP contribution in [0.25, 0.3) is 6.08 Å². The predicted octanol–water partition coefficient (Wildman–Crippen LogP) is 6.25. The van der Waals surface area contributed by atoms with Gasteiger partial charge in [-0.2, -0.15) is 0 Å². The minimum atomic E-state index is -0.594. The van der Waals surface area contributed by atoms with Crippen molar-refractivity contribution in [3.8, 4) is 11.5 Å². The lowest BCUT2D eigenvalue weighted by molar-refractivity contribution is -0.123. The molecule has 1 heterocycles. The number of carbonyl (C=O) groups is 3. The maximum atomic E-state index is 13.3. The normalized spacial score (nSPS) is 14.5. The summed E-state index contributed by atoms with van der Waals surface area (Å²) < 4.78 is 24.3. The summed E-state index contributed by atoms with van der Waals surface area (Å²) in [5.74, 6) is -1.24. The van der Waals surface area contributed by atoms with E-state index in [-0.39, 0.29) is 28.0 Å². The number of para-hydroxylation sites is 1. The molecule has 1 saturated heterocycles. The first-order valence-corrected chi connectivity index (χ1v) is 11.6. The fourth-order valence-corrected chi connectivity index (χ4v) is 4.41. The number of halogens is 2. The number of nitrogens with zero attached hydrogens (tertiary/aromatic N) is 1. The van der Waals surface area contributed by atoms with Gasteiger partial charge in [0.05, 0.1) is 24.1 Å². The molecule has 178 valence electrons. The summed E-state index contributed by atoms with van der Waals surface area (Å²) in [6.45, 7) is 1.80. The zero-order valence-electron chi connectivity index (χ0n) is 18.7. The van der Waals surface area contributed by atoms with Gasteiger partial charge in [-0.05, 0) is 60.7 Å². The van der Waals surface area contributed by atoms with E-state index in [1.54, 1.807) is 42.5 Å². The molecule has 4 rings (SSSR count). The molecule has 0 aliphatic carbocycles. The number of aryl methyl sites for hydroxylation is 1. The zero-order chi connectivity index (χ0) is 25.1. The van der Waals surface area contributed by atoms with Crippen molar-refractivity contribution in [1.82, 2.24) is 4.90 Å². The molecule has 0 aromatic heterocycles. The van der Waals surface area contributed by atoms with Crippen molar-refractivity contribution >= 4 is 46.6 Å². The number of esters is 1. The number of carbonyl (C=O) groups excluding carboxylic acids is 3. The Hall–Kier alpha value is -3.62. The third kappa shape index (κ3) is 5.39. The molecule has 0 bridgehead atoms. The van der Waals surface area contributed by atoms with Crippen molar-refractivity contribution in [1.29, 1.82) is 0 Å². The molecule has 35 heavy (non-hydrogen) atoms. The van der Waals surface area contributed by atoms with Gasteiger partial charge in [0.2, 0.25) is 0 Å². The van der Waals surface area contributed by atoms with E-state index < -0.39 is 22.9 Å². The fraction of sp³-hybridized carbons (Fsp3) is 0.115. The highest BCUT2D eigenvalue weighted by molar-refractivity contribution is 8.18. The monoisotopic (exact) mass is 511 g/mol. The van der Waals surface area contributed by atoms with Crippen LogP contribution in [0, 0.1) is 12.7 Å². The lowest BCUT2D eigenvalue weighted by atomic mass is 10.1. The largest absolute Gasteiger partial charge is 0.493 e. The molecule has 0 N–H and O–H groups in total. The van der Waals surface area contributed by atoms with Crippen molar-refractivity contribution in [3.05, 3.63) is 98.7 Å². The topological polar surface area (TPSA) is 72.9 Å². The second-order valence-corrected chi connectivity index (χ2v) is 9.04. The Bertz CT molecular complexity index is 1360. The Morgan fingerprint density at radius 3 is 2.54 bits per heavy atom. The van der Waals surface area contributed by atoms with E-state index in [2.05, 4.69) is 0 Å². The van der Waals surface area contributed by atoms with Crippen LogP contribution in [0.1, 0.15) is 27.0 Å². The number of imide groups is 1. The first kappa shape index (κ1) is 24.5. The van der Waals surface area contributed by atoms with Gasteiger partial charge < -0.3 is 9.47 Å². The van der Waals surface area contributed by atoms with Crippen molar-refractivity contribution < 1.29 is 28.2 Å². The van der Waals surface area contributed by atoms with E-state index >= 15 is 0 Å². The van der Waals surface area contributed by atoms with Gasteiger partial charge in [-0.25, -0.2) is 9.18 Å². The fourth-order valence-electron chi connectivity index (χ4n) is 3.36. The maximum Gasteiger partial charge on any atom is 0.343 e. The third-order valence-corrected chi connectivity index (χ3v) is 6.47.